The zero-order valence-electron chi connectivity index (χ0n) is 10.8. The fraction of sp³-hybridized carbons (Fsp3) is 0.400. The summed E-state index contributed by atoms with van der Waals surface area (Å²) in [7, 11) is 0. The summed E-state index contributed by atoms with van der Waals surface area (Å²) < 4.78 is 0. The van der Waals surface area contributed by atoms with Crippen LogP contribution in [0.1, 0.15) is 36.2 Å². The van der Waals surface area contributed by atoms with Crippen LogP contribution in [0.5, 0.6) is 0 Å². The van der Waals surface area contributed by atoms with E-state index in [1.54, 1.807) is 0 Å². The van der Waals surface area contributed by atoms with Crippen LogP contribution in [0, 0.1) is 0 Å². The fourth-order valence-corrected chi connectivity index (χ4v) is 2.75. The van der Waals surface area contributed by atoms with E-state index in [1.807, 2.05) is 29.8 Å². The van der Waals surface area contributed by atoms with Gasteiger partial charge in [0, 0.05) is 23.3 Å². The molecule has 0 amide bonds. The number of pyridine rings is 1. The zero-order valence-corrected chi connectivity index (χ0v) is 11.6. The van der Waals surface area contributed by atoms with Gasteiger partial charge in [-0.25, -0.2) is 0 Å². The lowest BCUT2D eigenvalue weighted by Gasteiger charge is -2.18. The van der Waals surface area contributed by atoms with Crippen molar-refractivity contribution < 1.29 is 0 Å². The second-order valence-corrected chi connectivity index (χ2v) is 5.44. The van der Waals surface area contributed by atoms with E-state index in [0.717, 1.165) is 25.8 Å². The van der Waals surface area contributed by atoms with Crippen LogP contribution < -0.4 is 5.32 Å². The Hall–Kier alpha value is -1.19. The first-order chi connectivity index (χ1) is 8.90. The molecule has 0 saturated carbocycles. The lowest BCUT2D eigenvalue weighted by atomic mass is 10.0. The summed E-state index contributed by atoms with van der Waals surface area (Å²) in [5.41, 5.74) is 1.29. The third-order valence-electron chi connectivity index (χ3n) is 2.99. The van der Waals surface area contributed by atoms with Gasteiger partial charge in [0.15, 0.2) is 0 Å². The van der Waals surface area contributed by atoms with Crippen molar-refractivity contribution in [1.82, 2.24) is 10.3 Å². The Morgan fingerprint density at radius 2 is 2.28 bits per heavy atom. The molecule has 2 aromatic heterocycles. The van der Waals surface area contributed by atoms with Gasteiger partial charge >= 0.3 is 0 Å². The standard InChI is InChI=1S/C15H20N2S/c1-2-9-17-15(13-5-3-10-16-12-13)8-7-14-6-4-11-18-14/h3-6,10-12,15,17H,2,7-9H2,1H3. The molecule has 0 aliphatic heterocycles. The summed E-state index contributed by atoms with van der Waals surface area (Å²) in [6, 6.07) is 8.93. The summed E-state index contributed by atoms with van der Waals surface area (Å²) in [5.74, 6) is 0. The number of nitrogens with one attached hydrogen (secondary N) is 1. The quantitative estimate of drug-likeness (QED) is 0.818. The van der Waals surface area contributed by atoms with Crippen molar-refractivity contribution in [1.29, 1.82) is 0 Å². The van der Waals surface area contributed by atoms with Crippen LogP contribution in [0.3, 0.4) is 0 Å². The molecule has 18 heavy (non-hydrogen) atoms. The molecular formula is C15H20N2S. The van der Waals surface area contributed by atoms with Gasteiger partial charge in [-0.05, 0) is 48.9 Å². The van der Waals surface area contributed by atoms with Gasteiger partial charge in [-0.3, -0.25) is 4.98 Å². The minimum atomic E-state index is 0.417. The second kappa shape index (κ2) is 7.29. The largest absolute Gasteiger partial charge is 0.310 e. The molecule has 0 aromatic carbocycles. The minimum absolute atomic E-state index is 0.417. The highest BCUT2D eigenvalue weighted by Crippen LogP contribution is 2.20. The first kappa shape index (κ1) is 13.2. The molecule has 2 nitrogen and oxygen atoms in total. The van der Waals surface area contributed by atoms with Crippen LogP contribution in [0.15, 0.2) is 42.0 Å². The number of nitrogens with zero attached hydrogens (tertiary/aromatic N) is 1. The maximum absolute atomic E-state index is 4.22. The second-order valence-electron chi connectivity index (χ2n) is 4.41. The molecule has 0 saturated heterocycles. The normalized spacial score (nSPS) is 12.5. The zero-order chi connectivity index (χ0) is 12.6. The highest BCUT2D eigenvalue weighted by molar-refractivity contribution is 7.09. The number of aryl methyl sites for hydroxylation is 1. The molecular weight excluding hydrogens is 240 g/mol. The minimum Gasteiger partial charge on any atom is -0.310 e. The Labute approximate surface area is 113 Å². The number of thiophene rings is 1. The van der Waals surface area contributed by atoms with Crippen molar-refractivity contribution in [2.75, 3.05) is 6.54 Å². The molecule has 2 aromatic rings. The maximum Gasteiger partial charge on any atom is 0.0338 e. The Morgan fingerprint density at radius 1 is 1.33 bits per heavy atom. The van der Waals surface area contributed by atoms with Gasteiger partial charge in [0.05, 0.1) is 0 Å². The molecule has 0 fully saturated rings. The average Bonchev–Trinajstić information content (AvgIpc) is 2.93. The number of aromatic nitrogens is 1. The van der Waals surface area contributed by atoms with Gasteiger partial charge in [0.2, 0.25) is 0 Å². The third kappa shape index (κ3) is 3.93. The van der Waals surface area contributed by atoms with Crippen molar-refractivity contribution in [3.8, 4) is 0 Å². The molecule has 1 unspecified atom stereocenters. The molecule has 2 rings (SSSR count). The Bertz CT molecular complexity index is 425. The molecule has 0 aliphatic carbocycles. The van der Waals surface area contributed by atoms with E-state index in [4.69, 9.17) is 0 Å². The van der Waals surface area contributed by atoms with Crippen molar-refractivity contribution in [2.45, 2.75) is 32.2 Å². The van der Waals surface area contributed by atoms with Gasteiger partial charge in [-0.2, -0.15) is 0 Å². The highest BCUT2D eigenvalue weighted by Gasteiger charge is 2.10. The number of hydrogen-bond donors (Lipinski definition) is 1. The summed E-state index contributed by atoms with van der Waals surface area (Å²) in [5, 5.41) is 5.76. The summed E-state index contributed by atoms with van der Waals surface area (Å²) in [4.78, 5) is 5.68. The summed E-state index contributed by atoms with van der Waals surface area (Å²) in [6.07, 6.45) is 7.23. The van der Waals surface area contributed by atoms with Gasteiger partial charge in [0.1, 0.15) is 0 Å². The molecule has 1 N–H and O–H groups in total. The highest BCUT2D eigenvalue weighted by atomic mass is 32.1. The molecule has 3 heteroatoms. The lowest BCUT2D eigenvalue weighted by Crippen LogP contribution is -2.22. The van der Waals surface area contributed by atoms with Gasteiger partial charge in [-0.15, -0.1) is 11.3 Å². The molecule has 1 atom stereocenters. The van der Waals surface area contributed by atoms with Crippen molar-refractivity contribution >= 4 is 11.3 Å². The fourth-order valence-electron chi connectivity index (χ4n) is 2.03. The van der Waals surface area contributed by atoms with Crippen LogP contribution in [0.2, 0.25) is 0 Å². The molecule has 0 spiro atoms. The number of rotatable bonds is 7. The maximum atomic E-state index is 4.22. The smallest absolute Gasteiger partial charge is 0.0338 e. The van der Waals surface area contributed by atoms with Crippen molar-refractivity contribution in [3.63, 3.8) is 0 Å². The van der Waals surface area contributed by atoms with E-state index < -0.39 is 0 Å². The van der Waals surface area contributed by atoms with Crippen LogP contribution in [-0.4, -0.2) is 11.5 Å². The van der Waals surface area contributed by atoms with Gasteiger partial charge in [0.25, 0.3) is 0 Å². The van der Waals surface area contributed by atoms with Crippen LogP contribution in [0.4, 0.5) is 0 Å². The van der Waals surface area contributed by atoms with Crippen LogP contribution in [0.25, 0.3) is 0 Å². The molecule has 0 radical (unpaired) electrons. The van der Waals surface area contributed by atoms with Gasteiger partial charge in [-0.1, -0.05) is 19.1 Å². The van der Waals surface area contributed by atoms with E-state index in [9.17, 15) is 0 Å². The first-order valence-electron chi connectivity index (χ1n) is 6.56. The van der Waals surface area contributed by atoms with Gasteiger partial charge < -0.3 is 5.32 Å². The predicted molar refractivity (Wildman–Crippen MR) is 77.9 cm³/mol. The summed E-state index contributed by atoms with van der Waals surface area (Å²) >= 11 is 1.84. The lowest BCUT2D eigenvalue weighted by molar-refractivity contribution is 0.499. The summed E-state index contributed by atoms with van der Waals surface area (Å²) in [6.45, 7) is 3.26. The van der Waals surface area contributed by atoms with Crippen molar-refractivity contribution in [3.05, 3.63) is 52.5 Å². The SMILES string of the molecule is CCCNC(CCc1cccs1)c1cccnc1. The van der Waals surface area contributed by atoms with Crippen molar-refractivity contribution in [2.24, 2.45) is 0 Å². The Morgan fingerprint density at radius 3 is 2.94 bits per heavy atom. The van der Waals surface area contributed by atoms with E-state index in [0.29, 0.717) is 6.04 Å². The van der Waals surface area contributed by atoms with E-state index >= 15 is 0 Å². The third-order valence-corrected chi connectivity index (χ3v) is 3.92. The topological polar surface area (TPSA) is 24.9 Å². The van der Waals surface area contributed by atoms with Crippen LogP contribution >= 0.6 is 11.3 Å². The number of hydrogen-bond acceptors (Lipinski definition) is 3. The molecule has 2 heterocycles. The Kier molecular flexibility index (Phi) is 5.36. The Balaban J connectivity index is 1.96. The van der Waals surface area contributed by atoms with E-state index in [2.05, 4.69) is 40.8 Å². The first-order valence-corrected chi connectivity index (χ1v) is 7.44. The predicted octanol–water partition coefficient (Wildman–Crippen LogP) is 3.82. The van der Waals surface area contributed by atoms with Crippen LogP contribution in [-0.2, 0) is 6.42 Å². The van der Waals surface area contributed by atoms with E-state index in [1.165, 1.54) is 10.4 Å². The molecule has 96 valence electrons. The monoisotopic (exact) mass is 260 g/mol. The molecule has 0 aliphatic rings. The van der Waals surface area contributed by atoms with E-state index in [-0.39, 0.29) is 0 Å². The average molecular weight is 260 g/mol. The molecule has 0 bridgehead atoms.